The smallest absolute Gasteiger partial charge is 0.161 e. The second kappa shape index (κ2) is 5.06. The van der Waals surface area contributed by atoms with E-state index in [0.29, 0.717) is 18.7 Å². The molecule has 0 aromatic heterocycles. The molecule has 2 rings (SSSR count). The summed E-state index contributed by atoms with van der Waals surface area (Å²) < 4.78 is 44.3. The Bertz CT molecular complexity index is 403. The van der Waals surface area contributed by atoms with Crippen molar-refractivity contribution in [3.63, 3.8) is 0 Å². The van der Waals surface area contributed by atoms with Gasteiger partial charge in [0.2, 0.25) is 0 Å². The van der Waals surface area contributed by atoms with E-state index < -0.39 is 23.6 Å². The summed E-state index contributed by atoms with van der Waals surface area (Å²) in [7, 11) is 0. The molecule has 0 radical (unpaired) electrons. The van der Waals surface area contributed by atoms with Crippen LogP contribution in [0.15, 0.2) is 12.1 Å². The average molecular weight is 246 g/mol. The third-order valence-electron chi connectivity index (χ3n) is 2.91. The van der Waals surface area contributed by atoms with E-state index in [2.05, 4.69) is 0 Å². The van der Waals surface area contributed by atoms with Crippen LogP contribution in [-0.2, 0) is 4.74 Å². The number of rotatable bonds is 3. The molecule has 2 unspecified atom stereocenters. The van der Waals surface area contributed by atoms with Crippen molar-refractivity contribution in [1.29, 1.82) is 0 Å². The molecule has 1 aliphatic rings. The highest BCUT2D eigenvalue weighted by Gasteiger charge is 2.23. The summed E-state index contributed by atoms with van der Waals surface area (Å²) in [5.41, 5.74) is -0.223. The van der Waals surface area contributed by atoms with Crippen molar-refractivity contribution in [3.05, 3.63) is 35.1 Å². The van der Waals surface area contributed by atoms with Gasteiger partial charge in [0.05, 0.1) is 12.2 Å². The highest BCUT2D eigenvalue weighted by atomic mass is 19.2. The molecule has 1 aromatic rings. The van der Waals surface area contributed by atoms with Gasteiger partial charge >= 0.3 is 0 Å². The monoisotopic (exact) mass is 246 g/mol. The first-order chi connectivity index (χ1) is 8.08. The first-order valence-electron chi connectivity index (χ1n) is 5.52. The van der Waals surface area contributed by atoms with Crippen LogP contribution in [-0.4, -0.2) is 17.8 Å². The van der Waals surface area contributed by atoms with Gasteiger partial charge in [-0.2, -0.15) is 0 Å². The highest BCUT2D eigenvalue weighted by Crippen LogP contribution is 2.27. The zero-order valence-corrected chi connectivity index (χ0v) is 9.13. The third kappa shape index (κ3) is 2.79. The molecule has 1 aliphatic heterocycles. The van der Waals surface area contributed by atoms with Crippen LogP contribution in [0.1, 0.15) is 30.9 Å². The lowest BCUT2D eigenvalue weighted by Crippen LogP contribution is -2.13. The van der Waals surface area contributed by atoms with Crippen LogP contribution < -0.4 is 0 Å². The molecule has 17 heavy (non-hydrogen) atoms. The lowest BCUT2D eigenvalue weighted by atomic mass is 10.0. The lowest BCUT2D eigenvalue weighted by Gasteiger charge is -2.16. The fourth-order valence-electron chi connectivity index (χ4n) is 2.00. The molecular weight excluding hydrogens is 233 g/mol. The second-order valence-corrected chi connectivity index (χ2v) is 4.17. The van der Waals surface area contributed by atoms with Crippen LogP contribution in [0.5, 0.6) is 0 Å². The van der Waals surface area contributed by atoms with Gasteiger partial charge in [0.15, 0.2) is 11.6 Å². The van der Waals surface area contributed by atoms with Crippen molar-refractivity contribution in [1.82, 2.24) is 0 Å². The Labute approximate surface area is 97.0 Å². The van der Waals surface area contributed by atoms with Crippen LogP contribution >= 0.6 is 0 Å². The number of hydrogen-bond donors (Lipinski definition) is 1. The average Bonchev–Trinajstić information content (AvgIpc) is 2.76. The molecule has 0 spiro atoms. The third-order valence-corrected chi connectivity index (χ3v) is 2.91. The number of aliphatic hydroxyl groups excluding tert-OH is 1. The summed E-state index contributed by atoms with van der Waals surface area (Å²) in [6, 6.07) is 1.15. The van der Waals surface area contributed by atoms with Gasteiger partial charge in [-0.3, -0.25) is 0 Å². The first kappa shape index (κ1) is 12.4. The van der Waals surface area contributed by atoms with E-state index in [1.165, 1.54) is 0 Å². The van der Waals surface area contributed by atoms with Crippen LogP contribution in [0.4, 0.5) is 13.2 Å². The van der Waals surface area contributed by atoms with Crippen LogP contribution in [0.3, 0.4) is 0 Å². The van der Waals surface area contributed by atoms with Crippen molar-refractivity contribution >= 4 is 0 Å². The van der Waals surface area contributed by atoms with Gasteiger partial charge in [-0.25, -0.2) is 13.2 Å². The van der Waals surface area contributed by atoms with Crippen molar-refractivity contribution in [2.75, 3.05) is 6.61 Å². The molecule has 5 heteroatoms. The Morgan fingerprint density at radius 1 is 1.24 bits per heavy atom. The molecule has 0 saturated carbocycles. The molecule has 0 bridgehead atoms. The zero-order chi connectivity index (χ0) is 12.4. The maximum atomic E-state index is 13.3. The molecular formula is C12H13F3O2. The largest absolute Gasteiger partial charge is 0.388 e. The van der Waals surface area contributed by atoms with E-state index >= 15 is 0 Å². The van der Waals surface area contributed by atoms with Gasteiger partial charge in [0, 0.05) is 24.7 Å². The van der Waals surface area contributed by atoms with Crippen molar-refractivity contribution < 1.29 is 23.0 Å². The van der Waals surface area contributed by atoms with Crippen molar-refractivity contribution in [2.24, 2.45) is 0 Å². The van der Waals surface area contributed by atoms with E-state index in [0.717, 1.165) is 12.8 Å². The Balaban J connectivity index is 2.12. The molecule has 1 heterocycles. The van der Waals surface area contributed by atoms with Gasteiger partial charge in [0.1, 0.15) is 5.82 Å². The SMILES string of the molecule is OC(CC1CCCO1)c1cc(F)c(F)cc1F. The summed E-state index contributed by atoms with van der Waals surface area (Å²) in [6.07, 6.45) is 0.577. The molecule has 2 atom stereocenters. The minimum atomic E-state index is -1.25. The quantitative estimate of drug-likeness (QED) is 0.831. The molecule has 1 saturated heterocycles. The lowest BCUT2D eigenvalue weighted by molar-refractivity contribution is 0.0520. The molecule has 0 aliphatic carbocycles. The Morgan fingerprint density at radius 3 is 2.59 bits per heavy atom. The normalized spacial score (nSPS) is 21.8. The summed E-state index contributed by atoms with van der Waals surface area (Å²) >= 11 is 0. The van der Waals surface area contributed by atoms with Gasteiger partial charge < -0.3 is 9.84 Å². The van der Waals surface area contributed by atoms with Crippen LogP contribution in [0.2, 0.25) is 0 Å². The van der Waals surface area contributed by atoms with Gasteiger partial charge in [-0.15, -0.1) is 0 Å². The maximum absolute atomic E-state index is 13.3. The number of halogens is 3. The summed E-state index contributed by atoms with van der Waals surface area (Å²) in [5, 5.41) is 9.77. The number of benzene rings is 1. The number of hydrogen-bond acceptors (Lipinski definition) is 2. The maximum Gasteiger partial charge on any atom is 0.161 e. The van der Waals surface area contributed by atoms with Crippen molar-refractivity contribution in [3.8, 4) is 0 Å². The predicted molar refractivity (Wildman–Crippen MR) is 54.9 cm³/mol. The van der Waals surface area contributed by atoms with Crippen molar-refractivity contribution in [2.45, 2.75) is 31.5 Å². The van der Waals surface area contributed by atoms with Gasteiger partial charge in [-0.05, 0) is 18.9 Å². The standard InChI is InChI=1S/C12H13F3O2/c13-9-6-11(15)10(14)5-8(9)12(16)4-7-2-1-3-17-7/h5-7,12,16H,1-4H2. The molecule has 94 valence electrons. The van der Waals surface area contributed by atoms with E-state index in [4.69, 9.17) is 4.74 Å². The molecule has 1 aromatic carbocycles. The Kier molecular flexibility index (Phi) is 3.69. The molecule has 1 N–H and O–H groups in total. The first-order valence-corrected chi connectivity index (χ1v) is 5.52. The summed E-state index contributed by atoms with van der Waals surface area (Å²) in [4.78, 5) is 0. The topological polar surface area (TPSA) is 29.5 Å². The Morgan fingerprint density at radius 2 is 1.94 bits per heavy atom. The zero-order valence-electron chi connectivity index (χ0n) is 9.13. The fraction of sp³-hybridized carbons (Fsp3) is 0.500. The fourth-order valence-corrected chi connectivity index (χ4v) is 2.00. The van der Waals surface area contributed by atoms with Crippen LogP contribution in [0, 0.1) is 17.5 Å². The van der Waals surface area contributed by atoms with E-state index in [9.17, 15) is 18.3 Å². The van der Waals surface area contributed by atoms with Crippen LogP contribution in [0.25, 0.3) is 0 Å². The van der Waals surface area contributed by atoms with E-state index in [-0.39, 0.29) is 18.1 Å². The van der Waals surface area contributed by atoms with Gasteiger partial charge in [0.25, 0.3) is 0 Å². The Hall–Kier alpha value is -1.07. The molecule has 2 nitrogen and oxygen atoms in total. The minimum absolute atomic E-state index is 0.141. The molecule has 0 amide bonds. The second-order valence-electron chi connectivity index (χ2n) is 4.17. The van der Waals surface area contributed by atoms with E-state index in [1.54, 1.807) is 0 Å². The summed E-state index contributed by atoms with van der Waals surface area (Å²) in [6.45, 7) is 0.623. The number of aliphatic hydroxyl groups is 1. The minimum Gasteiger partial charge on any atom is -0.388 e. The highest BCUT2D eigenvalue weighted by molar-refractivity contribution is 5.22. The van der Waals surface area contributed by atoms with Gasteiger partial charge in [-0.1, -0.05) is 0 Å². The molecule has 1 fully saturated rings. The summed E-state index contributed by atoms with van der Waals surface area (Å²) in [5.74, 6) is -3.35. The number of ether oxygens (including phenoxy) is 1. The van der Waals surface area contributed by atoms with E-state index in [1.807, 2.05) is 0 Å². The predicted octanol–water partition coefficient (Wildman–Crippen LogP) is 2.71.